The van der Waals surface area contributed by atoms with Gasteiger partial charge in [0.15, 0.2) is 0 Å². The minimum atomic E-state index is -0.248. The van der Waals surface area contributed by atoms with Gasteiger partial charge in [0.1, 0.15) is 5.82 Å². The minimum Gasteiger partial charge on any atom is -0.466 e. The highest BCUT2D eigenvalue weighted by atomic mass is 16.5. The number of hydrogen-bond acceptors (Lipinski definition) is 4. The highest BCUT2D eigenvalue weighted by molar-refractivity contribution is 5.69. The maximum Gasteiger partial charge on any atom is 0.307 e. The molecule has 0 aromatic carbocycles. The van der Waals surface area contributed by atoms with Gasteiger partial charge in [0.05, 0.1) is 13.0 Å². The third kappa shape index (κ3) is 3.18. The van der Waals surface area contributed by atoms with Crippen molar-refractivity contribution in [3.63, 3.8) is 0 Å². The summed E-state index contributed by atoms with van der Waals surface area (Å²) in [4.78, 5) is 26.1. The molecule has 0 aliphatic carbocycles. The van der Waals surface area contributed by atoms with Crippen molar-refractivity contribution < 1.29 is 9.53 Å². The zero-order chi connectivity index (χ0) is 12.1. The van der Waals surface area contributed by atoms with E-state index in [2.05, 4.69) is 4.98 Å². The van der Waals surface area contributed by atoms with Crippen molar-refractivity contribution in [2.24, 2.45) is 0 Å². The normalized spacial score (nSPS) is 10.2. The lowest BCUT2D eigenvalue weighted by molar-refractivity contribution is -0.143. The first-order valence-corrected chi connectivity index (χ1v) is 5.25. The summed E-state index contributed by atoms with van der Waals surface area (Å²) >= 11 is 0. The van der Waals surface area contributed by atoms with Crippen molar-refractivity contribution in [1.82, 2.24) is 9.55 Å². The molecule has 0 spiro atoms. The third-order valence-electron chi connectivity index (χ3n) is 2.27. The Balaban J connectivity index is 2.74. The number of carbonyl (C=O) groups is 1. The van der Waals surface area contributed by atoms with Crippen LogP contribution in [0.15, 0.2) is 10.9 Å². The summed E-state index contributed by atoms with van der Waals surface area (Å²) in [5.74, 6) is 0.384. The van der Waals surface area contributed by atoms with E-state index in [0.29, 0.717) is 25.4 Å². The lowest BCUT2D eigenvalue weighted by atomic mass is 10.3. The van der Waals surface area contributed by atoms with E-state index in [4.69, 9.17) is 4.74 Å². The van der Waals surface area contributed by atoms with Gasteiger partial charge >= 0.3 is 5.97 Å². The van der Waals surface area contributed by atoms with Crippen LogP contribution in [0.4, 0.5) is 0 Å². The van der Waals surface area contributed by atoms with Gasteiger partial charge in [-0.25, -0.2) is 0 Å². The van der Waals surface area contributed by atoms with Gasteiger partial charge in [0.25, 0.3) is 5.56 Å². The number of esters is 1. The van der Waals surface area contributed by atoms with Crippen LogP contribution < -0.4 is 5.56 Å². The van der Waals surface area contributed by atoms with E-state index in [1.807, 2.05) is 11.5 Å². The van der Waals surface area contributed by atoms with Crippen LogP contribution in [-0.4, -0.2) is 22.1 Å². The van der Waals surface area contributed by atoms with Gasteiger partial charge < -0.3 is 9.30 Å². The summed E-state index contributed by atoms with van der Waals surface area (Å²) in [5, 5.41) is 0. The Labute approximate surface area is 94.1 Å². The summed E-state index contributed by atoms with van der Waals surface area (Å²) < 4.78 is 6.66. The molecule has 88 valence electrons. The molecule has 1 rings (SSSR count). The van der Waals surface area contributed by atoms with Crippen molar-refractivity contribution in [3.05, 3.63) is 27.9 Å². The molecule has 0 amide bonds. The maximum absolute atomic E-state index is 11.2. The van der Waals surface area contributed by atoms with Gasteiger partial charge in [-0.2, -0.15) is 4.98 Å². The number of rotatable bonds is 4. The van der Waals surface area contributed by atoms with E-state index < -0.39 is 0 Å². The molecule has 0 atom stereocenters. The van der Waals surface area contributed by atoms with E-state index >= 15 is 0 Å². The van der Waals surface area contributed by atoms with E-state index in [0.717, 1.165) is 5.69 Å². The van der Waals surface area contributed by atoms with Crippen LogP contribution in [-0.2, 0) is 16.1 Å². The molecular weight excluding hydrogens is 208 g/mol. The SMILES string of the molecule is CCOC(=O)CCn1c(C)cc(=O)nc1C. The second-order valence-corrected chi connectivity index (χ2v) is 3.49. The van der Waals surface area contributed by atoms with Crippen molar-refractivity contribution in [3.8, 4) is 0 Å². The van der Waals surface area contributed by atoms with Crippen LogP contribution in [0.2, 0.25) is 0 Å². The molecule has 16 heavy (non-hydrogen) atoms. The van der Waals surface area contributed by atoms with Gasteiger partial charge in [0.2, 0.25) is 0 Å². The average Bonchev–Trinajstić information content (AvgIpc) is 2.16. The molecule has 0 unspecified atom stereocenters. The summed E-state index contributed by atoms with van der Waals surface area (Å²) in [6, 6.07) is 1.46. The van der Waals surface area contributed by atoms with Crippen LogP contribution in [0, 0.1) is 13.8 Å². The molecule has 0 radical (unpaired) electrons. The second kappa shape index (κ2) is 5.44. The molecule has 1 heterocycles. The summed E-state index contributed by atoms with van der Waals surface area (Å²) in [6.07, 6.45) is 0.292. The zero-order valence-electron chi connectivity index (χ0n) is 9.82. The fourth-order valence-corrected chi connectivity index (χ4v) is 1.54. The minimum absolute atomic E-state index is 0.236. The Kier molecular flexibility index (Phi) is 4.22. The fourth-order valence-electron chi connectivity index (χ4n) is 1.54. The average molecular weight is 224 g/mol. The molecular formula is C11H16N2O3. The maximum atomic E-state index is 11.2. The van der Waals surface area contributed by atoms with Gasteiger partial charge in [-0.05, 0) is 20.8 Å². The van der Waals surface area contributed by atoms with Crippen molar-refractivity contribution >= 4 is 5.97 Å². The standard InChI is InChI=1S/C11H16N2O3/c1-4-16-11(15)5-6-13-8(2)7-10(14)12-9(13)3/h7H,4-6H2,1-3H3. The van der Waals surface area contributed by atoms with Crippen LogP contribution >= 0.6 is 0 Å². The predicted octanol–water partition coefficient (Wildman–Crippen LogP) is 0.813. The molecule has 0 fully saturated rings. The van der Waals surface area contributed by atoms with Crippen LogP contribution in [0.3, 0.4) is 0 Å². The summed E-state index contributed by atoms with van der Waals surface area (Å²) in [5.41, 5.74) is 0.559. The summed E-state index contributed by atoms with van der Waals surface area (Å²) in [7, 11) is 0. The lowest BCUT2D eigenvalue weighted by Crippen LogP contribution is -2.19. The molecule has 1 aromatic heterocycles. The highest BCUT2D eigenvalue weighted by Gasteiger charge is 2.06. The third-order valence-corrected chi connectivity index (χ3v) is 2.27. The number of hydrogen-bond donors (Lipinski definition) is 0. The first-order valence-electron chi connectivity index (χ1n) is 5.25. The Morgan fingerprint density at radius 3 is 2.75 bits per heavy atom. The molecule has 0 N–H and O–H groups in total. The molecule has 5 nitrogen and oxygen atoms in total. The van der Waals surface area contributed by atoms with Crippen molar-refractivity contribution in [1.29, 1.82) is 0 Å². The van der Waals surface area contributed by atoms with Gasteiger partial charge in [-0.3, -0.25) is 9.59 Å². The Hall–Kier alpha value is -1.65. The largest absolute Gasteiger partial charge is 0.466 e. The van der Waals surface area contributed by atoms with E-state index in [1.54, 1.807) is 13.8 Å². The molecule has 0 saturated heterocycles. The number of nitrogens with zero attached hydrogens (tertiary/aromatic N) is 2. The molecule has 0 aliphatic heterocycles. The number of aromatic nitrogens is 2. The first-order chi connectivity index (χ1) is 7.54. The van der Waals surface area contributed by atoms with E-state index in [9.17, 15) is 9.59 Å². The summed E-state index contributed by atoms with van der Waals surface area (Å²) in [6.45, 7) is 6.22. The second-order valence-electron chi connectivity index (χ2n) is 3.49. The Morgan fingerprint density at radius 2 is 2.19 bits per heavy atom. The molecule has 5 heteroatoms. The monoisotopic (exact) mass is 224 g/mol. The molecule has 0 saturated carbocycles. The number of carbonyl (C=O) groups excluding carboxylic acids is 1. The Morgan fingerprint density at radius 1 is 1.50 bits per heavy atom. The Bertz CT molecular complexity index is 411. The van der Waals surface area contributed by atoms with E-state index in [-0.39, 0.29) is 11.5 Å². The lowest BCUT2D eigenvalue weighted by Gasteiger charge is -2.12. The fraction of sp³-hybridized carbons (Fsp3) is 0.545. The van der Waals surface area contributed by atoms with Crippen molar-refractivity contribution in [2.75, 3.05) is 6.61 Å². The van der Waals surface area contributed by atoms with Gasteiger partial charge in [0, 0.05) is 18.3 Å². The van der Waals surface area contributed by atoms with Crippen LogP contribution in [0.25, 0.3) is 0 Å². The van der Waals surface area contributed by atoms with Gasteiger partial charge in [-0.15, -0.1) is 0 Å². The molecule has 0 aliphatic rings. The number of ether oxygens (including phenoxy) is 1. The number of aryl methyl sites for hydroxylation is 2. The van der Waals surface area contributed by atoms with Crippen LogP contribution in [0.5, 0.6) is 0 Å². The molecule has 0 bridgehead atoms. The predicted molar refractivity (Wildman–Crippen MR) is 59.2 cm³/mol. The topological polar surface area (TPSA) is 61.2 Å². The van der Waals surface area contributed by atoms with Crippen molar-refractivity contribution in [2.45, 2.75) is 33.7 Å². The smallest absolute Gasteiger partial charge is 0.307 e. The zero-order valence-corrected chi connectivity index (χ0v) is 9.82. The molecule has 1 aromatic rings. The highest BCUT2D eigenvalue weighted by Crippen LogP contribution is 2.01. The van der Waals surface area contributed by atoms with Crippen LogP contribution in [0.1, 0.15) is 24.9 Å². The van der Waals surface area contributed by atoms with E-state index in [1.165, 1.54) is 6.07 Å². The quantitative estimate of drug-likeness (QED) is 0.710. The van der Waals surface area contributed by atoms with Gasteiger partial charge in [-0.1, -0.05) is 0 Å². The first kappa shape index (κ1) is 12.4.